The Kier molecular flexibility index (Phi) is 5.98. The number of esters is 1. The van der Waals surface area contributed by atoms with E-state index in [1.54, 1.807) is 24.0 Å². The second-order valence-electron chi connectivity index (χ2n) is 7.19. The predicted molar refractivity (Wildman–Crippen MR) is 99.4 cm³/mol. The van der Waals surface area contributed by atoms with Gasteiger partial charge in [-0.15, -0.1) is 0 Å². The highest BCUT2D eigenvalue weighted by Crippen LogP contribution is 2.31. The van der Waals surface area contributed by atoms with E-state index in [9.17, 15) is 14.4 Å². The first-order chi connectivity index (χ1) is 13.0. The highest BCUT2D eigenvalue weighted by Gasteiger charge is 2.28. The van der Waals surface area contributed by atoms with Gasteiger partial charge in [-0.2, -0.15) is 0 Å². The van der Waals surface area contributed by atoms with Crippen molar-refractivity contribution in [1.82, 2.24) is 4.90 Å². The Morgan fingerprint density at radius 2 is 1.96 bits per heavy atom. The Bertz CT molecular complexity index is 712. The molecule has 1 aromatic carbocycles. The van der Waals surface area contributed by atoms with Crippen LogP contribution in [0.4, 0.5) is 5.69 Å². The van der Waals surface area contributed by atoms with E-state index >= 15 is 0 Å². The van der Waals surface area contributed by atoms with Crippen molar-refractivity contribution in [1.29, 1.82) is 0 Å². The molecule has 0 bridgehead atoms. The summed E-state index contributed by atoms with van der Waals surface area (Å²) in [6, 6.07) is 7.20. The number of piperidine rings is 1. The number of para-hydroxylation sites is 2. The predicted octanol–water partition coefficient (Wildman–Crippen LogP) is 1.99. The summed E-state index contributed by atoms with van der Waals surface area (Å²) in [5, 5.41) is 0. The quantitative estimate of drug-likeness (QED) is 0.737. The highest BCUT2D eigenvalue weighted by molar-refractivity contribution is 5.98. The van der Waals surface area contributed by atoms with Crippen LogP contribution in [0.3, 0.4) is 0 Å². The Hall–Kier alpha value is -2.57. The van der Waals surface area contributed by atoms with Crippen molar-refractivity contribution in [3.05, 3.63) is 24.3 Å². The van der Waals surface area contributed by atoms with E-state index < -0.39 is 12.1 Å². The minimum Gasteiger partial charge on any atom is -0.482 e. The fourth-order valence-corrected chi connectivity index (χ4v) is 3.39. The molecule has 2 aliphatic rings. The van der Waals surface area contributed by atoms with Crippen LogP contribution in [-0.4, -0.2) is 55.0 Å². The van der Waals surface area contributed by atoms with Crippen LogP contribution >= 0.6 is 0 Å². The minimum absolute atomic E-state index is 0.0225. The molecule has 0 spiro atoms. The zero-order valence-electron chi connectivity index (χ0n) is 15.8. The van der Waals surface area contributed by atoms with Crippen molar-refractivity contribution in [3.63, 3.8) is 0 Å². The van der Waals surface area contributed by atoms with E-state index in [1.165, 1.54) is 4.90 Å². The van der Waals surface area contributed by atoms with Gasteiger partial charge in [0.05, 0.1) is 12.1 Å². The molecule has 0 aliphatic carbocycles. The number of fused-ring (bicyclic) bond motifs is 1. The normalized spacial score (nSPS) is 18.5. The summed E-state index contributed by atoms with van der Waals surface area (Å²) in [5.74, 6) is 0.406. The van der Waals surface area contributed by atoms with E-state index in [0.29, 0.717) is 30.4 Å². The van der Waals surface area contributed by atoms with Gasteiger partial charge in [-0.25, -0.2) is 0 Å². The van der Waals surface area contributed by atoms with Crippen LogP contribution in [0, 0.1) is 5.92 Å². The van der Waals surface area contributed by atoms with Crippen LogP contribution in [0.15, 0.2) is 24.3 Å². The van der Waals surface area contributed by atoms with Crippen LogP contribution < -0.4 is 9.64 Å². The lowest BCUT2D eigenvalue weighted by molar-refractivity contribution is -0.159. The molecule has 0 radical (unpaired) electrons. The SMILES string of the molecule is CC1CCN(C(=O)[C@@H](C)OC(=O)CCN2C(=O)COc3ccccc32)CC1. The molecule has 0 unspecified atom stereocenters. The molecule has 0 N–H and O–H groups in total. The summed E-state index contributed by atoms with van der Waals surface area (Å²) in [6.45, 7) is 5.35. The van der Waals surface area contributed by atoms with Gasteiger partial charge in [0.25, 0.3) is 11.8 Å². The first-order valence-corrected chi connectivity index (χ1v) is 9.46. The zero-order valence-corrected chi connectivity index (χ0v) is 15.8. The smallest absolute Gasteiger partial charge is 0.308 e. The van der Waals surface area contributed by atoms with Crippen molar-refractivity contribution in [2.24, 2.45) is 5.92 Å². The fraction of sp³-hybridized carbons (Fsp3) is 0.550. The molecule has 1 aromatic rings. The molecule has 7 heteroatoms. The van der Waals surface area contributed by atoms with Gasteiger partial charge in [-0.05, 0) is 37.8 Å². The molecule has 1 saturated heterocycles. The van der Waals surface area contributed by atoms with Crippen molar-refractivity contribution in [2.75, 3.05) is 31.1 Å². The number of anilines is 1. The van der Waals surface area contributed by atoms with Crippen LogP contribution in [0.2, 0.25) is 0 Å². The number of ether oxygens (including phenoxy) is 2. The van der Waals surface area contributed by atoms with Crippen molar-refractivity contribution in [3.8, 4) is 5.75 Å². The summed E-state index contributed by atoms with van der Waals surface area (Å²) in [7, 11) is 0. The number of hydrogen-bond acceptors (Lipinski definition) is 5. The molecular weight excluding hydrogens is 348 g/mol. The average Bonchev–Trinajstić information content (AvgIpc) is 2.67. The van der Waals surface area contributed by atoms with E-state index in [-0.39, 0.29) is 31.4 Å². The molecule has 2 aliphatic heterocycles. The number of rotatable bonds is 5. The lowest BCUT2D eigenvalue weighted by atomic mass is 9.99. The minimum atomic E-state index is -0.807. The Balaban J connectivity index is 1.51. The van der Waals surface area contributed by atoms with Gasteiger partial charge >= 0.3 is 5.97 Å². The van der Waals surface area contributed by atoms with Gasteiger partial charge in [-0.1, -0.05) is 19.1 Å². The number of likely N-dealkylation sites (tertiary alicyclic amines) is 1. The Morgan fingerprint density at radius 3 is 2.70 bits per heavy atom. The number of nitrogens with zero attached hydrogens (tertiary/aromatic N) is 2. The molecule has 1 atom stereocenters. The Morgan fingerprint density at radius 1 is 1.26 bits per heavy atom. The summed E-state index contributed by atoms with van der Waals surface area (Å²) in [4.78, 5) is 40.0. The molecule has 7 nitrogen and oxygen atoms in total. The first kappa shape index (κ1) is 19.2. The highest BCUT2D eigenvalue weighted by atomic mass is 16.5. The van der Waals surface area contributed by atoms with Gasteiger partial charge in [0.15, 0.2) is 12.7 Å². The molecule has 2 amide bonds. The Labute approximate surface area is 159 Å². The lowest BCUT2D eigenvalue weighted by Crippen LogP contribution is -2.44. The molecule has 0 aromatic heterocycles. The standard InChI is InChI=1S/C20H26N2O5/c1-14-7-10-21(11-8-14)20(25)15(2)27-19(24)9-12-22-16-5-3-4-6-17(16)26-13-18(22)23/h3-6,14-15H,7-13H2,1-2H3/t15-/m1/s1. The van der Waals surface area contributed by atoms with Crippen LogP contribution in [0.5, 0.6) is 5.75 Å². The zero-order chi connectivity index (χ0) is 19.4. The number of hydrogen-bond donors (Lipinski definition) is 0. The summed E-state index contributed by atoms with van der Waals surface area (Å²) >= 11 is 0. The monoisotopic (exact) mass is 374 g/mol. The first-order valence-electron chi connectivity index (χ1n) is 9.46. The molecule has 27 heavy (non-hydrogen) atoms. The lowest BCUT2D eigenvalue weighted by Gasteiger charge is -2.32. The van der Waals surface area contributed by atoms with Crippen LogP contribution in [0.25, 0.3) is 0 Å². The molecule has 146 valence electrons. The summed E-state index contributed by atoms with van der Waals surface area (Å²) < 4.78 is 10.7. The van der Waals surface area contributed by atoms with Gasteiger partial charge in [0, 0.05) is 19.6 Å². The van der Waals surface area contributed by atoms with Crippen LogP contribution in [0.1, 0.15) is 33.1 Å². The average molecular weight is 374 g/mol. The number of carbonyl (C=O) groups excluding carboxylic acids is 3. The van der Waals surface area contributed by atoms with Crippen molar-refractivity contribution in [2.45, 2.75) is 39.2 Å². The maximum absolute atomic E-state index is 12.4. The summed E-state index contributed by atoms with van der Waals surface area (Å²) in [6.07, 6.45) is 1.17. The van der Waals surface area contributed by atoms with E-state index in [0.717, 1.165) is 12.8 Å². The topological polar surface area (TPSA) is 76.2 Å². The van der Waals surface area contributed by atoms with Gasteiger partial charge in [-0.3, -0.25) is 14.4 Å². The third-order valence-electron chi connectivity index (χ3n) is 5.10. The third-order valence-corrected chi connectivity index (χ3v) is 5.10. The molecular formula is C20H26N2O5. The molecule has 1 fully saturated rings. The van der Waals surface area contributed by atoms with Gasteiger partial charge in [0.1, 0.15) is 5.75 Å². The molecule has 3 rings (SSSR count). The van der Waals surface area contributed by atoms with E-state index in [4.69, 9.17) is 9.47 Å². The number of benzene rings is 1. The van der Waals surface area contributed by atoms with Gasteiger partial charge in [0.2, 0.25) is 0 Å². The van der Waals surface area contributed by atoms with E-state index in [1.807, 2.05) is 12.1 Å². The van der Waals surface area contributed by atoms with Crippen molar-refractivity contribution >= 4 is 23.5 Å². The second-order valence-corrected chi connectivity index (χ2v) is 7.19. The molecule has 2 heterocycles. The van der Waals surface area contributed by atoms with Crippen LogP contribution in [-0.2, 0) is 19.1 Å². The molecule has 0 saturated carbocycles. The second kappa shape index (κ2) is 8.41. The number of carbonyl (C=O) groups is 3. The van der Waals surface area contributed by atoms with Crippen molar-refractivity contribution < 1.29 is 23.9 Å². The van der Waals surface area contributed by atoms with E-state index in [2.05, 4.69) is 6.92 Å². The number of amides is 2. The fourth-order valence-electron chi connectivity index (χ4n) is 3.39. The maximum atomic E-state index is 12.4. The van der Waals surface area contributed by atoms with Gasteiger partial charge < -0.3 is 19.3 Å². The third kappa shape index (κ3) is 4.59. The maximum Gasteiger partial charge on any atom is 0.308 e. The summed E-state index contributed by atoms with van der Waals surface area (Å²) in [5.41, 5.74) is 0.646. The largest absolute Gasteiger partial charge is 0.482 e.